The molecule has 0 fully saturated rings. The van der Waals surface area contributed by atoms with Crippen LogP contribution in [0.1, 0.15) is 18.1 Å². The molecule has 0 aromatic heterocycles. The van der Waals surface area contributed by atoms with Crippen LogP contribution >= 0.6 is 11.8 Å². The first-order valence-electron chi connectivity index (χ1n) is 8.74. The highest BCUT2D eigenvalue weighted by molar-refractivity contribution is 7.99. The zero-order chi connectivity index (χ0) is 20.3. The third kappa shape index (κ3) is 4.38. The summed E-state index contributed by atoms with van der Waals surface area (Å²) in [4.78, 5) is 1.04. The smallest absolute Gasteiger partial charge is 0.194 e. The lowest BCUT2D eigenvalue weighted by molar-refractivity contribution is 0.445. The highest BCUT2D eigenvalue weighted by Crippen LogP contribution is 2.29. The minimum Gasteiger partial charge on any atom is -0.204 e. The molecule has 0 saturated heterocycles. The van der Waals surface area contributed by atoms with Gasteiger partial charge in [0.25, 0.3) is 0 Å². The molecule has 6 heteroatoms. The first-order valence-corrected chi connectivity index (χ1v) is 9.72. The van der Waals surface area contributed by atoms with Crippen LogP contribution in [0, 0.1) is 29.1 Å². The predicted octanol–water partition coefficient (Wildman–Crippen LogP) is 6.95. The molecule has 0 nitrogen and oxygen atoms in total. The average Bonchev–Trinajstić information content (AvgIpc) is 2.68. The van der Waals surface area contributed by atoms with Gasteiger partial charge in [0.2, 0.25) is 0 Å². The fourth-order valence-electron chi connectivity index (χ4n) is 2.93. The van der Waals surface area contributed by atoms with Gasteiger partial charge in [-0.05, 0) is 59.6 Å². The number of rotatable bonds is 6. The van der Waals surface area contributed by atoms with Crippen molar-refractivity contribution in [3.63, 3.8) is 0 Å². The fraction of sp³-hybridized carbons (Fsp3) is 0.182. The van der Waals surface area contributed by atoms with Crippen LogP contribution in [0.2, 0.25) is 0 Å². The van der Waals surface area contributed by atoms with E-state index >= 15 is 0 Å². The van der Waals surface area contributed by atoms with Crippen molar-refractivity contribution in [2.75, 3.05) is 5.75 Å². The number of halogens is 5. The molecule has 28 heavy (non-hydrogen) atoms. The summed E-state index contributed by atoms with van der Waals surface area (Å²) in [5.41, 5.74) is 0.966. The van der Waals surface area contributed by atoms with Gasteiger partial charge in [0.05, 0.1) is 0 Å². The molecule has 146 valence electrons. The highest BCUT2D eigenvalue weighted by atomic mass is 32.2. The molecule has 0 saturated carbocycles. The molecule has 0 aliphatic carbocycles. The van der Waals surface area contributed by atoms with Crippen molar-refractivity contribution in [1.82, 2.24) is 0 Å². The molecular formula is C22H17F5S. The lowest BCUT2D eigenvalue weighted by atomic mass is 9.99. The molecule has 3 aromatic carbocycles. The maximum atomic E-state index is 14.6. The van der Waals surface area contributed by atoms with Crippen molar-refractivity contribution in [2.45, 2.75) is 24.7 Å². The van der Waals surface area contributed by atoms with Crippen molar-refractivity contribution in [1.29, 1.82) is 0 Å². The van der Waals surface area contributed by atoms with Crippen LogP contribution in [0.25, 0.3) is 11.1 Å². The largest absolute Gasteiger partial charge is 0.204 e. The van der Waals surface area contributed by atoms with E-state index in [-0.39, 0.29) is 29.5 Å². The van der Waals surface area contributed by atoms with Crippen molar-refractivity contribution < 1.29 is 22.0 Å². The molecule has 0 bridgehead atoms. The minimum absolute atomic E-state index is 0.0274. The summed E-state index contributed by atoms with van der Waals surface area (Å²) in [7, 11) is 0. The minimum atomic E-state index is -1.55. The van der Waals surface area contributed by atoms with E-state index in [0.717, 1.165) is 22.8 Å². The lowest BCUT2D eigenvalue weighted by Gasteiger charge is -2.10. The SMILES string of the molecule is CCSc1ccc(-c2ccc(CCc3cc(F)c(F)c(F)c3)c(F)c2F)cc1. The van der Waals surface area contributed by atoms with Gasteiger partial charge in [-0.15, -0.1) is 11.8 Å². The molecule has 0 heterocycles. The maximum Gasteiger partial charge on any atom is 0.194 e. The standard InChI is InChI=1S/C22H17F5S/c1-2-28-16-8-5-14(6-9-16)17-10-7-15(20(25)21(17)26)4-3-13-11-18(23)22(27)19(24)12-13/h5-12H,2-4H2,1H3. The van der Waals surface area contributed by atoms with Crippen LogP contribution in [0.15, 0.2) is 53.4 Å². The second kappa shape index (κ2) is 8.78. The summed E-state index contributed by atoms with van der Waals surface area (Å²) in [6, 6.07) is 11.8. The number of thioether (sulfide) groups is 1. The molecule has 0 aliphatic heterocycles. The molecule has 0 aliphatic rings. The Kier molecular flexibility index (Phi) is 6.39. The Hall–Kier alpha value is -2.34. The first kappa shape index (κ1) is 20.4. The molecule has 0 radical (unpaired) electrons. The Morgan fingerprint density at radius 3 is 1.96 bits per heavy atom. The summed E-state index contributed by atoms with van der Waals surface area (Å²) >= 11 is 1.65. The van der Waals surface area contributed by atoms with Crippen molar-refractivity contribution in [2.24, 2.45) is 0 Å². The van der Waals surface area contributed by atoms with Crippen molar-refractivity contribution >= 4 is 11.8 Å². The van der Waals surface area contributed by atoms with E-state index in [1.54, 1.807) is 23.9 Å². The van der Waals surface area contributed by atoms with Crippen LogP contribution in [0.5, 0.6) is 0 Å². The Labute approximate surface area is 164 Å². The van der Waals surface area contributed by atoms with Crippen molar-refractivity contribution in [3.8, 4) is 11.1 Å². The highest BCUT2D eigenvalue weighted by Gasteiger charge is 2.16. The topological polar surface area (TPSA) is 0 Å². The van der Waals surface area contributed by atoms with Crippen LogP contribution in [0.4, 0.5) is 22.0 Å². The Balaban J connectivity index is 1.80. The van der Waals surface area contributed by atoms with Gasteiger partial charge in [-0.25, -0.2) is 22.0 Å². The van der Waals surface area contributed by atoms with E-state index in [0.29, 0.717) is 5.56 Å². The molecule has 0 spiro atoms. The molecule has 0 unspecified atom stereocenters. The number of hydrogen-bond acceptors (Lipinski definition) is 1. The van der Waals surface area contributed by atoms with Crippen molar-refractivity contribution in [3.05, 3.63) is 88.7 Å². The normalized spacial score (nSPS) is 11.1. The third-order valence-corrected chi connectivity index (χ3v) is 5.26. The van der Waals surface area contributed by atoms with Gasteiger partial charge in [0.1, 0.15) is 0 Å². The van der Waals surface area contributed by atoms with Gasteiger partial charge in [-0.3, -0.25) is 0 Å². The van der Waals surface area contributed by atoms with Crippen LogP contribution < -0.4 is 0 Å². The first-order chi connectivity index (χ1) is 13.4. The van der Waals surface area contributed by atoms with E-state index < -0.39 is 29.1 Å². The third-order valence-electron chi connectivity index (χ3n) is 4.37. The van der Waals surface area contributed by atoms with Gasteiger partial charge >= 0.3 is 0 Å². The summed E-state index contributed by atoms with van der Waals surface area (Å²) in [5, 5.41) is 0. The molecule has 3 aromatic rings. The molecule has 0 amide bonds. The van der Waals surface area contributed by atoms with Crippen LogP contribution in [-0.2, 0) is 12.8 Å². The quantitative estimate of drug-likeness (QED) is 0.242. The van der Waals surface area contributed by atoms with E-state index in [9.17, 15) is 22.0 Å². The summed E-state index contributed by atoms with van der Waals surface area (Å²) in [5.74, 6) is -5.20. The van der Waals surface area contributed by atoms with E-state index in [2.05, 4.69) is 0 Å². The van der Waals surface area contributed by atoms with Gasteiger partial charge < -0.3 is 0 Å². The van der Waals surface area contributed by atoms with Gasteiger partial charge in [0.15, 0.2) is 29.1 Å². The monoisotopic (exact) mass is 408 g/mol. The summed E-state index contributed by atoms with van der Waals surface area (Å²) in [6.07, 6.45) is 0.0758. The zero-order valence-corrected chi connectivity index (χ0v) is 15.9. The van der Waals surface area contributed by atoms with E-state index in [1.807, 2.05) is 19.1 Å². The lowest BCUT2D eigenvalue weighted by Crippen LogP contribution is -2.01. The molecular weight excluding hydrogens is 391 g/mol. The molecule has 0 atom stereocenters. The van der Waals surface area contributed by atoms with Gasteiger partial charge in [-0.2, -0.15) is 0 Å². The average molecular weight is 408 g/mol. The molecule has 3 rings (SSSR count). The zero-order valence-electron chi connectivity index (χ0n) is 15.0. The number of hydrogen-bond donors (Lipinski definition) is 0. The van der Waals surface area contributed by atoms with Gasteiger partial charge in [-0.1, -0.05) is 31.2 Å². The predicted molar refractivity (Wildman–Crippen MR) is 102 cm³/mol. The maximum absolute atomic E-state index is 14.6. The fourth-order valence-corrected chi connectivity index (χ4v) is 3.60. The second-order valence-electron chi connectivity index (χ2n) is 6.23. The number of benzene rings is 3. The second-order valence-corrected chi connectivity index (χ2v) is 7.57. The summed E-state index contributed by atoms with van der Waals surface area (Å²) in [6.45, 7) is 2.03. The Morgan fingerprint density at radius 2 is 1.36 bits per heavy atom. The Bertz CT molecular complexity index is 960. The summed E-state index contributed by atoms with van der Waals surface area (Å²) < 4.78 is 68.6. The number of aryl methyl sites for hydroxylation is 2. The van der Waals surface area contributed by atoms with Gasteiger partial charge in [0, 0.05) is 10.5 Å². The van der Waals surface area contributed by atoms with E-state index in [4.69, 9.17) is 0 Å². The molecule has 0 N–H and O–H groups in total. The Morgan fingerprint density at radius 1 is 0.714 bits per heavy atom. The van der Waals surface area contributed by atoms with E-state index in [1.165, 1.54) is 12.1 Å². The van der Waals surface area contributed by atoms with Crippen LogP contribution in [0.3, 0.4) is 0 Å². The van der Waals surface area contributed by atoms with Crippen LogP contribution in [-0.4, -0.2) is 5.75 Å².